The third-order valence-corrected chi connectivity index (χ3v) is 21.0. The van der Waals surface area contributed by atoms with Crippen LogP contribution in [0.25, 0.3) is 167 Å². The van der Waals surface area contributed by atoms with Crippen LogP contribution in [0.4, 0.5) is 43.9 Å². The van der Waals surface area contributed by atoms with Crippen molar-refractivity contribution < 1.29 is 76.1 Å². The van der Waals surface area contributed by atoms with Crippen LogP contribution in [0.1, 0.15) is 5.56 Å². The molecule has 38 heteroatoms. The van der Waals surface area contributed by atoms with E-state index in [0.717, 1.165) is 40.4 Å². The largest absolute Gasteiger partial charge is 0.468 e. The Balaban J connectivity index is 0.000000113. The Morgan fingerprint density at radius 1 is 0.391 bits per heavy atom. The molecule has 6 aromatic carbocycles. The molecule has 0 amide bonds. The molecule has 0 bridgehead atoms. The van der Waals surface area contributed by atoms with Crippen LogP contribution < -0.4 is 22.2 Å². The fourth-order valence-corrected chi connectivity index (χ4v) is 14.6. The van der Waals surface area contributed by atoms with Gasteiger partial charge in [-0.3, -0.25) is 29.1 Å². The number of aromatic amines is 6. The molecule has 15 heterocycles. The molecule has 0 radical (unpaired) electrons. The first kappa shape index (κ1) is 83.5. The third-order valence-electron chi connectivity index (χ3n) is 20.5. The second kappa shape index (κ2) is 35.2. The van der Waals surface area contributed by atoms with E-state index in [2.05, 4.69) is 86.6 Å². The molecule has 0 saturated heterocycles. The average molecular weight is 1810 g/mol. The third kappa shape index (κ3) is 15.8. The predicted octanol–water partition coefficient (Wildman–Crippen LogP) is 19.3. The van der Waals surface area contributed by atoms with Gasteiger partial charge in [-0.1, -0.05) is 117 Å². The lowest BCUT2D eigenvalue weighted by Gasteiger charge is -2.06. The summed E-state index contributed by atoms with van der Waals surface area (Å²) in [5.74, 6) is -9.05. The molecule has 0 saturated carbocycles. The van der Waals surface area contributed by atoms with Crippen molar-refractivity contribution in [1.82, 2.24) is 79.6 Å². The highest BCUT2D eigenvalue weighted by molar-refractivity contribution is 9.10. The number of benzene rings is 6. The van der Waals surface area contributed by atoms with E-state index in [9.17, 15) is 67.9 Å². The molecule has 0 aliphatic carbocycles. The van der Waals surface area contributed by atoms with E-state index in [4.69, 9.17) is 22.6 Å². The van der Waals surface area contributed by atoms with Crippen molar-refractivity contribution in [2.75, 3.05) is 7.11 Å². The van der Waals surface area contributed by atoms with Crippen molar-refractivity contribution in [3.05, 3.63) is 348 Å². The highest BCUT2D eigenvalue weighted by Crippen LogP contribution is 2.43. The maximum Gasteiger partial charge on any atom is 0.325 e. The number of hydrogen-bond donors (Lipinski definition) is 6. The lowest BCUT2D eigenvalue weighted by atomic mass is 10.0. The Morgan fingerprint density at radius 2 is 0.758 bits per heavy atom. The van der Waals surface area contributed by atoms with Crippen molar-refractivity contribution in [1.29, 1.82) is 0 Å². The van der Waals surface area contributed by atoms with Crippen LogP contribution in [-0.2, 0) is 29.7 Å². The van der Waals surface area contributed by atoms with Gasteiger partial charge in [0.15, 0.2) is 92.6 Å². The molecule has 0 fully saturated rings. The van der Waals surface area contributed by atoms with Gasteiger partial charge >= 0.3 is 5.97 Å². The molecule has 0 aliphatic heterocycles. The number of fused-ring (bicyclic) bond motifs is 5. The van der Waals surface area contributed by atoms with Crippen LogP contribution >= 0.6 is 15.9 Å². The van der Waals surface area contributed by atoms with Gasteiger partial charge < -0.3 is 66.0 Å². The van der Waals surface area contributed by atoms with E-state index in [1.807, 2.05) is 30.3 Å². The number of carbonyl (C=O) groups is 1. The topological polar surface area (TPSA) is 360 Å². The summed E-state index contributed by atoms with van der Waals surface area (Å²) in [6, 6.07) is 37.8. The van der Waals surface area contributed by atoms with Crippen molar-refractivity contribution >= 4 is 76.5 Å². The summed E-state index contributed by atoms with van der Waals surface area (Å²) >= 11 is 3.34. The SMILES string of the molecule is COC(=O)Cn1ccc2c(-c3oncc3-c3cccc(F)c3F)c[nH]c2c1=O.Cn1ccc2c(-c3oncc3-c3cccc(F)c3F)c[nH]c2c1=O.Fc1cccc(-c2cnoc2-c2[nH]nc3ncc(Br)cc23)c1F.O=c1[nH]ccc2c(-c3oncc3-c3cccc(F)c3F)c[nH]c12.O=c1c2[nH]cc(-c3oncc3-c3cccc(F)c3F)c2ccn1Cc1ccccc1. The number of H-pyrrole nitrogens is 6. The van der Waals surface area contributed by atoms with Crippen molar-refractivity contribution in [2.24, 2.45) is 7.05 Å². The molecule has 0 aliphatic rings. The van der Waals surface area contributed by atoms with Crippen molar-refractivity contribution in [2.45, 2.75) is 13.1 Å². The standard InChI is InChI=1S/C23H15F2N3O2.C19H13F2N3O4.C17H11F2N3O2.C16H9F2N3O2.C15H7BrF2N4O/c24-19-8-4-7-15(20(19)25)18-12-27-30-22(18)17-11-26-21-16(17)9-10-28(23(21)29)13-14-5-2-1-3-6-14;1-27-15(25)9-24-6-5-11-12(7-22-17(11)19(24)26)18-13(8-23-28-18)10-3-2-4-14(20)16(10)21;1-22-6-5-10-11(7-20-15(10)17(22)23)16-12(8-21-24-16)9-3-2-4-13(18)14(9)19;17-12-3-1-2-8(13(12)18)11-7-21-23-15(11)10-6-20-14-9(10)4-5-19-16(14)22;16-7-4-9-13(21-22-15(9)19-5-7)14-10(6-20-23-14)8-2-1-3-11(17)12(8)18/h1-12,26H,13H2;2-8,22H,9H2,1H3;2-8,20H,1H3;1-7,20H,(H,19,22);1-6H,(H,19,21,22). The summed E-state index contributed by atoms with van der Waals surface area (Å²) in [6.07, 6.45) is 20.8. The zero-order chi connectivity index (χ0) is 89.3. The van der Waals surface area contributed by atoms with Gasteiger partial charge in [-0.25, -0.2) is 48.9 Å². The summed E-state index contributed by atoms with van der Waals surface area (Å²) in [5, 5.41) is 28.5. The molecular weight excluding hydrogens is 1750 g/mol. The number of aromatic nitrogens is 16. The van der Waals surface area contributed by atoms with Gasteiger partial charge in [-0.05, 0) is 82.2 Å². The number of rotatable bonds is 14. The number of methoxy groups -OCH3 is 1. The lowest BCUT2D eigenvalue weighted by Crippen LogP contribution is -2.24. The summed E-state index contributed by atoms with van der Waals surface area (Å²) in [4.78, 5) is 79.2. The summed E-state index contributed by atoms with van der Waals surface area (Å²) in [6.45, 7) is 0.202. The molecule has 128 heavy (non-hydrogen) atoms. The van der Waals surface area contributed by atoms with E-state index in [1.54, 1.807) is 79.1 Å². The molecule has 0 atom stereocenters. The first-order valence-electron chi connectivity index (χ1n) is 37.9. The Labute approximate surface area is 716 Å². The minimum atomic E-state index is -1.02. The van der Waals surface area contributed by atoms with E-state index in [0.29, 0.717) is 106 Å². The maximum atomic E-state index is 14.3. The van der Waals surface area contributed by atoms with Gasteiger partial charge in [0.25, 0.3) is 22.2 Å². The van der Waals surface area contributed by atoms with Crippen LogP contribution in [0.15, 0.2) is 285 Å². The Morgan fingerprint density at radius 3 is 1.18 bits per heavy atom. The fraction of sp³-hybridized carbons (Fsp3) is 0.0444. The van der Waals surface area contributed by atoms with Gasteiger partial charge in [0.2, 0.25) is 0 Å². The maximum absolute atomic E-state index is 14.3. The fourth-order valence-electron chi connectivity index (χ4n) is 14.3. The number of aryl methyl sites for hydroxylation is 1. The number of hydrogen-bond acceptors (Lipinski definition) is 18. The minimum absolute atomic E-state index is 0.00960. The summed E-state index contributed by atoms with van der Waals surface area (Å²) in [7, 11) is 2.87. The number of esters is 1. The van der Waals surface area contributed by atoms with Gasteiger partial charge in [0.05, 0.1) is 77.8 Å². The quantitative estimate of drug-likeness (QED) is 0.0435. The summed E-state index contributed by atoms with van der Waals surface area (Å²) < 4.78 is 175. The zero-order valence-corrected chi connectivity index (χ0v) is 67.1. The molecule has 15 aromatic heterocycles. The average Bonchev–Trinajstić information content (AvgIpc) is 1.64. The minimum Gasteiger partial charge on any atom is -0.468 e. The van der Waals surface area contributed by atoms with Gasteiger partial charge in [0, 0.05) is 139 Å². The molecule has 21 rings (SSSR count). The van der Waals surface area contributed by atoms with Crippen molar-refractivity contribution in [3.63, 3.8) is 0 Å². The first-order chi connectivity index (χ1) is 62.0. The Hall–Kier alpha value is -16.8. The highest BCUT2D eigenvalue weighted by atomic mass is 79.9. The number of halogens is 11. The number of carbonyl (C=O) groups excluding carboxylic acids is 1. The van der Waals surface area contributed by atoms with Crippen LogP contribution in [0.2, 0.25) is 0 Å². The predicted molar refractivity (Wildman–Crippen MR) is 451 cm³/mol. The smallest absolute Gasteiger partial charge is 0.325 e. The monoisotopic (exact) mass is 1800 g/mol. The highest BCUT2D eigenvalue weighted by Gasteiger charge is 2.29. The molecule has 0 spiro atoms. The lowest BCUT2D eigenvalue weighted by molar-refractivity contribution is -0.141. The van der Waals surface area contributed by atoms with Crippen LogP contribution in [-0.4, -0.2) is 92.7 Å². The molecule has 0 unspecified atom stereocenters. The number of pyridine rings is 5. The van der Waals surface area contributed by atoms with Gasteiger partial charge in [0.1, 0.15) is 34.3 Å². The number of nitrogens with zero attached hydrogens (tertiary/aromatic N) is 10. The second-order valence-electron chi connectivity index (χ2n) is 28.0. The second-order valence-corrected chi connectivity index (χ2v) is 29.0. The van der Waals surface area contributed by atoms with E-state index in [-0.39, 0.29) is 90.9 Å². The number of ether oxygens (including phenoxy) is 1. The van der Waals surface area contributed by atoms with E-state index < -0.39 is 69.7 Å². The Bertz CT molecular complexity index is 8070. The van der Waals surface area contributed by atoms with Crippen LogP contribution in [0.5, 0.6) is 0 Å². The normalized spacial score (nSPS) is 11.2. The molecule has 27 nitrogen and oxygen atoms in total. The number of nitrogens with one attached hydrogen (secondary N) is 6. The van der Waals surface area contributed by atoms with Crippen LogP contribution in [0, 0.1) is 58.2 Å². The van der Waals surface area contributed by atoms with E-state index in [1.165, 1.54) is 126 Å². The van der Waals surface area contributed by atoms with Gasteiger partial charge in [-0.15, -0.1) is 0 Å². The Kier molecular flexibility index (Phi) is 23.0. The van der Waals surface area contributed by atoms with Gasteiger partial charge in [-0.2, -0.15) is 5.10 Å². The van der Waals surface area contributed by atoms with Crippen LogP contribution in [0.3, 0.4) is 0 Å². The first-order valence-corrected chi connectivity index (χ1v) is 38.7. The molecule has 21 aromatic rings. The summed E-state index contributed by atoms with van der Waals surface area (Å²) in [5.41, 5.74) is 6.02. The molecule has 6 N–H and O–H groups in total. The van der Waals surface area contributed by atoms with E-state index >= 15 is 0 Å². The molecular formula is C90H55BrF10N16O11. The molecule has 638 valence electrons. The van der Waals surface area contributed by atoms with Crippen molar-refractivity contribution in [3.8, 4) is 112 Å². The zero-order valence-electron chi connectivity index (χ0n) is 65.6.